The minimum atomic E-state index is 0.404. The molecule has 0 bridgehead atoms. The summed E-state index contributed by atoms with van der Waals surface area (Å²) in [7, 11) is 0. The van der Waals surface area contributed by atoms with Gasteiger partial charge in [-0.3, -0.25) is 0 Å². The first-order valence-corrected chi connectivity index (χ1v) is 19.7. The summed E-state index contributed by atoms with van der Waals surface area (Å²) in [6, 6.07) is 63.4. The van der Waals surface area contributed by atoms with Crippen LogP contribution >= 0.6 is 0 Å². The molecule has 58 heavy (non-hydrogen) atoms. The van der Waals surface area contributed by atoms with Gasteiger partial charge in [-0.1, -0.05) is 189 Å². The van der Waals surface area contributed by atoms with Gasteiger partial charge in [0.2, 0.25) is 0 Å². The maximum Gasteiger partial charge on any atom is 0.0612 e. The molecular formula is C56H42N2. The predicted octanol–water partition coefficient (Wildman–Crippen LogP) is 14.9. The molecule has 0 saturated carbocycles. The second-order valence-electron chi connectivity index (χ2n) is 14.6. The van der Waals surface area contributed by atoms with Crippen molar-refractivity contribution >= 4 is 48.8 Å². The Morgan fingerprint density at radius 1 is 0.466 bits per heavy atom. The summed E-state index contributed by atoms with van der Waals surface area (Å²) < 4.78 is 0. The molecule has 0 aliphatic heterocycles. The Hall–Kier alpha value is -7.55. The van der Waals surface area contributed by atoms with Gasteiger partial charge in [0.1, 0.15) is 0 Å². The van der Waals surface area contributed by atoms with Crippen molar-refractivity contribution in [3.05, 3.63) is 230 Å². The average Bonchev–Trinajstić information content (AvgIpc) is 3.28. The normalized spacial score (nSPS) is 12.1. The number of fused-ring (bicyclic) bond motifs is 4. The fourth-order valence-electron chi connectivity index (χ4n) is 8.42. The predicted molar refractivity (Wildman–Crippen MR) is 250 cm³/mol. The highest BCUT2D eigenvalue weighted by molar-refractivity contribution is 6.23. The van der Waals surface area contributed by atoms with Gasteiger partial charge in [-0.05, 0) is 130 Å². The van der Waals surface area contributed by atoms with E-state index in [1.54, 1.807) is 0 Å². The lowest BCUT2D eigenvalue weighted by Gasteiger charge is -2.19. The van der Waals surface area contributed by atoms with E-state index < -0.39 is 0 Å². The van der Waals surface area contributed by atoms with E-state index in [1.807, 2.05) is 31.2 Å². The molecule has 0 amide bonds. The van der Waals surface area contributed by atoms with Crippen molar-refractivity contribution in [2.24, 2.45) is 5.73 Å². The van der Waals surface area contributed by atoms with Crippen LogP contribution in [0.15, 0.2) is 224 Å². The number of nitrogens with two attached hydrogens (primary N) is 1. The van der Waals surface area contributed by atoms with Gasteiger partial charge in [0.25, 0.3) is 0 Å². The summed E-state index contributed by atoms with van der Waals surface area (Å²) in [4.78, 5) is 0. The number of nitrogens with one attached hydrogen (secondary N) is 1. The van der Waals surface area contributed by atoms with Gasteiger partial charge in [0.05, 0.1) is 5.71 Å². The van der Waals surface area contributed by atoms with E-state index in [1.165, 1.54) is 66.3 Å². The largest absolute Gasteiger partial charge is 0.405 e. The third-order valence-corrected chi connectivity index (χ3v) is 11.3. The van der Waals surface area contributed by atoms with Crippen LogP contribution in [0.2, 0.25) is 0 Å². The summed E-state index contributed by atoms with van der Waals surface area (Å²) in [5, 5.41) is 18.8. The van der Waals surface area contributed by atoms with Crippen LogP contribution in [0.3, 0.4) is 0 Å². The van der Waals surface area contributed by atoms with Crippen molar-refractivity contribution in [2.75, 3.05) is 0 Å². The fourth-order valence-corrected chi connectivity index (χ4v) is 8.42. The third kappa shape index (κ3) is 6.61. The maximum atomic E-state index is 9.22. The van der Waals surface area contributed by atoms with Crippen molar-refractivity contribution in [1.82, 2.24) is 0 Å². The molecule has 0 spiro atoms. The summed E-state index contributed by atoms with van der Waals surface area (Å²) >= 11 is 0. The highest BCUT2D eigenvalue weighted by Crippen LogP contribution is 2.45. The summed E-state index contributed by atoms with van der Waals surface area (Å²) in [5.74, 6) is 0. The summed E-state index contributed by atoms with van der Waals surface area (Å²) in [6.45, 7) is 6.18. The molecule has 3 N–H and O–H groups in total. The molecule has 9 aromatic rings. The number of allylic oxidation sites excluding steroid dienone is 6. The van der Waals surface area contributed by atoms with Crippen LogP contribution in [0.1, 0.15) is 12.5 Å². The van der Waals surface area contributed by atoms with Gasteiger partial charge >= 0.3 is 0 Å². The molecule has 276 valence electrons. The molecule has 0 aliphatic rings. The molecule has 0 atom stereocenters. The quantitative estimate of drug-likeness (QED) is 0.0863. The number of rotatable bonds is 9. The van der Waals surface area contributed by atoms with Gasteiger partial charge in [-0.25, -0.2) is 0 Å². The van der Waals surface area contributed by atoms with Crippen LogP contribution in [0, 0.1) is 5.41 Å². The Balaban J connectivity index is 1.22. The van der Waals surface area contributed by atoms with Gasteiger partial charge in [0, 0.05) is 5.56 Å². The van der Waals surface area contributed by atoms with E-state index in [0.717, 1.165) is 44.2 Å². The Kier molecular flexibility index (Phi) is 9.67. The van der Waals surface area contributed by atoms with Crippen molar-refractivity contribution in [1.29, 1.82) is 5.41 Å². The first-order valence-electron chi connectivity index (χ1n) is 19.7. The second-order valence-corrected chi connectivity index (χ2v) is 14.6. The van der Waals surface area contributed by atoms with E-state index in [0.29, 0.717) is 5.71 Å². The van der Waals surface area contributed by atoms with E-state index in [4.69, 9.17) is 5.73 Å². The molecule has 0 aromatic heterocycles. The first kappa shape index (κ1) is 36.1. The zero-order valence-corrected chi connectivity index (χ0v) is 32.4. The van der Waals surface area contributed by atoms with Crippen molar-refractivity contribution in [2.45, 2.75) is 6.92 Å². The van der Waals surface area contributed by atoms with E-state index in [9.17, 15) is 5.41 Å². The average molecular weight is 743 g/mol. The van der Waals surface area contributed by atoms with Crippen LogP contribution in [-0.2, 0) is 0 Å². The van der Waals surface area contributed by atoms with Crippen LogP contribution in [0.25, 0.3) is 87.6 Å². The fraction of sp³-hybridized carbons (Fsp3) is 0.0179. The SMILES string of the molecule is C=C(/C=C\C(=N)c1ccc2c(-c3ccc(-c4cccc5ccccc45)cc3)c3ccccc3c(-c3ccc(-c4cccc5ccccc45)cc3)c2c1)C(/C=C\N)=C/C. The lowest BCUT2D eigenvalue weighted by atomic mass is 9.84. The molecule has 0 heterocycles. The standard InChI is InChI=1S/C56H42N2/c1-3-38(34-35-57)37(2)22-33-54(58)45-31-32-52-53(36-45)56(44-29-25-42(26-30-44)49-21-11-15-40-13-5-7-17-47(40)49)51-19-9-8-18-50(51)55(52)43-27-23-41(24-28-43)48-20-10-14-39-12-4-6-16-46(39)48/h3-36,58H,2,57H2,1H3/b33-22-,35-34-,38-3+,58-54?. The van der Waals surface area contributed by atoms with Crippen LogP contribution in [-0.4, -0.2) is 5.71 Å². The number of benzene rings is 9. The van der Waals surface area contributed by atoms with Crippen molar-refractivity contribution in [3.63, 3.8) is 0 Å². The minimum absolute atomic E-state index is 0.404. The molecule has 0 aliphatic carbocycles. The lowest BCUT2D eigenvalue weighted by molar-refractivity contribution is 1.47. The maximum absolute atomic E-state index is 9.22. The molecule has 0 radical (unpaired) electrons. The van der Waals surface area contributed by atoms with Crippen LogP contribution in [0.4, 0.5) is 0 Å². The second kappa shape index (κ2) is 15.5. The van der Waals surface area contributed by atoms with Crippen LogP contribution < -0.4 is 5.73 Å². The highest BCUT2D eigenvalue weighted by atomic mass is 14.5. The Morgan fingerprint density at radius 2 is 0.914 bits per heavy atom. The van der Waals surface area contributed by atoms with Gasteiger partial charge in [-0.15, -0.1) is 0 Å². The van der Waals surface area contributed by atoms with Crippen molar-refractivity contribution < 1.29 is 0 Å². The highest BCUT2D eigenvalue weighted by Gasteiger charge is 2.18. The first-order chi connectivity index (χ1) is 28.5. The molecule has 0 fully saturated rings. The monoisotopic (exact) mass is 742 g/mol. The summed E-state index contributed by atoms with van der Waals surface area (Å²) in [5.41, 5.74) is 18.0. The summed E-state index contributed by atoms with van der Waals surface area (Å²) in [6.07, 6.45) is 9.01. The zero-order valence-electron chi connectivity index (χ0n) is 32.4. The molecule has 9 aromatic carbocycles. The number of hydrogen-bond donors (Lipinski definition) is 2. The topological polar surface area (TPSA) is 49.9 Å². The third-order valence-electron chi connectivity index (χ3n) is 11.3. The Morgan fingerprint density at radius 3 is 1.43 bits per heavy atom. The molecule has 2 heteroatoms. The van der Waals surface area contributed by atoms with Gasteiger partial charge in [0.15, 0.2) is 0 Å². The minimum Gasteiger partial charge on any atom is -0.405 e. The lowest BCUT2D eigenvalue weighted by Crippen LogP contribution is -1.97. The number of hydrogen-bond acceptors (Lipinski definition) is 2. The van der Waals surface area contributed by atoms with E-state index in [-0.39, 0.29) is 0 Å². The van der Waals surface area contributed by atoms with Gasteiger partial charge < -0.3 is 11.1 Å². The molecular weight excluding hydrogens is 701 g/mol. The molecule has 0 unspecified atom stereocenters. The van der Waals surface area contributed by atoms with Crippen molar-refractivity contribution in [3.8, 4) is 44.5 Å². The van der Waals surface area contributed by atoms with E-state index in [2.05, 4.69) is 183 Å². The van der Waals surface area contributed by atoms with Crippen LogP contribution in [0.5, 0.6) is 0 Å². The van der Waals surface area contributed by atoms with Gasteiger partial charge in [-0.2, -0.15) is 0 Å². The molecule has 9 rings (SSSR count). The smallest absolute Gasteiger partial charge is 0.0612 e. The van der Waals surface area contributed by atoms with E-state index >= 15 is 0 Å². The Labute approximate surface area is 339 Å². The zero-order chi connectivity index (χ0) is 39.6. The molecule has 0 saturated heterocycles. The molecule has 2 nitrogen and oxygen atoms in total. The Bertz CT molecular complexity index is 3130.